The van der Waals surface area contributed by atoms with Crippen LogP contribution in [0.1, 0.15) is 65.0 Å². The second-order valence-electron chi connectivity index (χ2n) is 11.2. The zero-order valence-electron chi connectivity index (χ0n) is 22.7. The van der Waals surface area contributed by atoms with E-state index in [1.165, 1.54) is 0 Å². The Labute approximate surface area is 223 Å². The van der Waals surface area contributed by atoms with Crippen LogP contribution in [0.4, 0.5) is 16.4 Å². The van der Waals surface area contributed by atoms with E-state index >= 15 is 0 Å². The number of ether oxygens (including phenoxy) is 1. The summed E-state index contributed by atoms with van der Waals surface area (Å²) in [7, 11) is 0. The van der Waals surface area contributed by atoms with Gasteiger partial charge in [-0.05, 0) is 75.4 Å². The normalized spacial score (nSPS) is 16.2. The smallest absolute Gasteiger partial charge is 0.410 e. The largest absolute Gasteiger partial charge is 0.444 e. The number of rotatable bonds is 5. The number of carbonyl (C=O) groups excluding carboxylic acids is 1. The van der Waals surface area contributed by atoms with E-state index < -0.39 is 5.60 Å². The van der Waals surface area contributed by atoms with Crippen molar-refractivity contribution in [2.75, 3.05) is 18.4 Å². The number of carbonyl (C=O) groups is 1. The number of piperidine rings is 1. The number of nitrogens with one attached hydrogen (secondary N) is 1. The molecule has 4 aromatic heterocycles. The molecule has 1 atom stereocenters. The van der Waals surface area contributed by atoms with Gasteiger partial charge in [0.1, 0.15) is 11.4 Å². The molecule has 1 saturated heterocycles. The van der Waals surface area contributed by atoms with Crippen molar-refractivity contribution < 1.29 is 9.53 Å². The lowest BCUT2D eigenvalue weighted by molar-refractivity contribution is 0.0173. The molecular formula is C29H35N7O2. The molecule has 5 heterocycles. The zero-order chi connectivity index (χ0) is 26.9. The van der Waals surface area contributed by atoms with Crippen LogP contribution in [-0.4, -0.2) is 54.4 Å². The monoisotopic (exact) mass is 513 g/mol. The standard InChI is InChI=1S/C29H35N7O2/c1-19(2)21-14-27(34-31-16-21)33-26-9-8-24-25(32-26)13-22(15-30-24)20-10-12-35(17-20)23-7-6-11-36(18-23)28(37)38-29(3,4)5/h8-10,12-17,19,23H,6-7,11,18H2,1-5H3,(H,32,33,34). The van der Waals surface area contributed by atoms with Crippen molar-refractivity contribution in [2.45, 2.75) is 65.0 Å². The Bertz CT molecular complexity index is 1440. The van der Waals surface area contributed by atoms with Crippen LogP contribution in [0.5, 0.6) is 0 Å². The number of aromatic nitrogens is 5. The molecule has 1 aliphatic rings. The minimum Gasteiger partial charge on any atom is -0.444 e. The molecule has 198 valence electrons. The first-order valence-corrected chi connectivity index (χ1v) is 13.2. The lowest BCUT2D eigenvalue weighted by Crippen LogP contribution is -2.43. The molecule has 0 aromatic carbocycles. The topological polar surface area (TPSA) is 98.1 Å². The minimum atomic E-state index is -0.497. The lowest BCUT2D eigenvalue weighted by Gasteiger charge is -2.34. The first kappa shape index (κ1) is 25.6. The number of likely N-dealkylation sites (tertiary alicyclic amines) is 1. The highest BCUT2D eigenvalue weighted by Crippen LogP contribution is 2.28. The zero-order valence-corrected chi connectivity index (χ0v) is 22.7. The highest BCUT2D eigenvalue weighted by molar-refractivity contribution is 5.81. The van der Waals surface area contributed by atoms with Crippen molar-refractivity contribution in [3.63, 3.8) is 0 Å². The Hall–Kier alpha value is -4.01. The Kier molecular flexibility index (Phi) is 7.01. The first-order valence-electron chi connectivity index (χ1n) is 13.2. The fraction of sp³-hybridized carbons (Fsp3) is 0.414. The summed E-state index contributed by atoms with van der Waals surface area (Å²) in [5, 5.41) is 11.6. The first-order chi connectivity index (χ1) is 18.1. The number of nitrogens with zero attached hydrogens (tertiary/aromatic N) is 6. The lowest BCUT2D eigenvalue weighted by atomic mass is 10.1. The van der Waals surface area contributed by atoms with Crippen LogP contribution in [0.25, 0.3) is 22.2 Å². The van der Waals surface area contributed by atoms with E-state index in [2.05, 4.69) is 63.4 Å². The molecule has 1 aliphatic heterocycles. The summed E-state index contributed by atoms with van der Waals surface area (Å²) in [5.74, 6) is 1.72. The summed E-state index contributed by atoms with van der Waals surface area (Å²) in [6.45, 7) is 11.3. The number of pyridine rings is 2. The highest BCUT2D eigenvalue weighted by Gasteiger charge is 2.28. The molecule has 0 bridgehead atoms. The third kappa shape index (κ3) is 5.93. The Morgan fingerprint density at radius 2 is 1.92 bits per heavy atom. The van der Waals surface area contributed by atoms with E-state index in [1.807, 2.05) is 50.1 Å². The maximum atomic E-state index is 12.6. The maximum Gasteiger partial charge on any atom is 0.410 e. The molecule has 1 fully saturated rings. The van der Waals surface area contributed by atoms with Crippen LogP contribution >= 0.6 is 0 Å². The summed E-state index contributed by atoms with van der Waals surface area (Å²) in [4.78, 5) is 23.8. The van der Waals surface area contributed by atoms with Crippen molar-refractivity contribution in [3.8, 4) is 11.1 Å². The molecule has 9 nitrogen and oxygen atoms in total. The molecule has 38 heavy (non-hydrogen) atoms. The van der Waals surface area contributed by atoms with Gasteiger partial charge >= 0.3 is 6.09 Å². The Morgan fingerprint density at radius 3 is 2.71 bits per heavy atom. The van der Waals surface area contributed by atoms with Gasteiger partial charge in [0.05, 0.1) is 23.3 Å². The van der Waals surface area contributed by atoms with Crippen LogP contribution in [0.2, 0.25) is 0 Å². The van der Waals surface area contributed by atoms with Gasteiger partial charge in [0.15, 0.2) is 5.82 Å². The Balaban J connectivity index is 1.33. The molecular weight excluding hydrogens is 478 g/mol. The molecule has 1 unspecified atom stereocenters. The predicted octanol–water partition coefficient (Wildman–Crippen LogP) is 6.33. The van der Waals surface area contributed by atoms with Gasteiger partial charge < -0.3 is 19.5 Å². The van der Waals surface area contributed by atoms with Gasteiger partial charge in [-0.1, -0.05) is 13.8 Å². The second-order valence-corrected chi connectivity index (χ2v) is 11.2. The minimum absolute atomic E-state index is 0.204. The summed E-state index contributed by atoms with van der Waals surface area (Å²) in [6.07, 6.45) is 9.58. The summed E-state index contributed by atoms with van der Waals surface area (Å²) < 4.78 is 7.79. The van der Waals surface area contributed by atoms with E-state index in [4.69, 9.17) is 9.72 Å². The molecule has 5 rings (SSSR count). The molecule has 0 spiro atoms. The van der Waals surface area contributed by atoms with Crippen LogP contribution in [-0.2, 0) is 4.74 Å². The van der Waals surface area contributed by atoms with E-state index in [-0.39, 0.29) is 12.1 Å². The van der Waals surface area contributed by atoms with Gasteiger partial charge in [-0.25, -0.2) is 9.78 Å². The third-order valence-corrected chi connectivity index (χ3v) is 6.65. The van der Waals surface area contributed by atoms with Gasteiger partial charge in [0, 0.05) is 42.8 Å². The molecule has 0 saturated carbocycles. The Morgan fingerprint density at radius 1 is 1.08 bits per heavy atom. The number of anilines is 2. The quantitative estimate of drug-likeness (QED) is 0.333. The van der Waals surface area contributed by atoms with Gasteiger partial charge in [0.25, 0.3) is 0 Å². The molecule has 4 aromatic rings. The number of hydrogen-bond donors (Lipinski definition) is 1. The van der Waals surface area contributed by atoms with Crippen molar-refractivity contribution in [2.24, 2.45) is 0 Å². The maximum absolute atomic E-state index is 12.6. The van der Waals surface area contributed by atoms with E-state index in [0.29, 0.717) is 24.1 Å². The van der Waals surface area contributed by atoms with Gasteiger partial charge in [-0.15, -0.1) is 5.10 Å². The van der Waals surface area contributed by atoms with Crippen molar-refractivity contribution >= 4 is 28.8 Å². The van der Waals surface area contributed by atoms with E-state index in [0.717, 1.165) is 47.1 Å². The number of amides is 1. The molecule has 9 heteroatoms. The van der Waals surface area contributed by atoms with E-state index in [9.17, 15) is 4.79 Å². The predicted molar refractivity (Wildman–Crippen MR) is 148 cm³/mol. The average molecular weight is 514 g/mol. The van der Waals surface area contributed by atoms with Gasteiger partial charge in [-0.3, -0.25) is 4.98 Å². The summed E-state index contributed by atoms with van der Waals surface area (Å²) >= 11 is 0. The summed E-state index contributed by atoms with van der Waals surface area (Å²) in [6, 6.07) is 10.2. The fourth-order valence-electron chi connectivity index (χ4n) is 4.63. The number of hydrogen-bond acceptors (Lipinski definition) is 7. The SMILES string of the molecule is CC(C)c1cnnc(Nc2ccc3ncc(-c4ccn(C5CCCN(C(=O)OC(C)(C)C)C5)c4)cc3n2)c1. The second kappa shape index (κ2) is 10.4. The van der Waals surface area contributed by atoms with Crippen LogP contribution < -0.4 is 5.32 Å². The van der Waals surface area contributed by atoms with Crippen molar-refractivity contribution in [3.05, 3.63) is 60.7 Å². The molecule has 0 radical (unpaired) electrons. The highest BCUT2D eigenvalue weighted by atomic mass is 16.6. The molecule has 0 aliphatic carbocycles. The van der Waals surface area contributed by atoms with Crippen molar-refractivity contribution in [1.82, 2.24) is 29.6 Å². The molecule has 1 N–H and O–H groups in total. The fourth-order valence-corrected chi connectivity index (χ4v) is 4.63. The third-order valence-electron chi connectivity index (χ3n) is 6.65. The van der Waals surface area contributed by atoms with Crippen molar-refractivity contribution in [1.29, 1.82) is 0 Å². The van der Waals surface area contributed by atoms with E-state index in [1.54, 1.807) is 6.20 Å². The van der Waals surface area contributed by atoms with Crippen LogP contribution in [0.3, 0.4) is 0 Å². The van der Waals surface area contributed by atoms with Gasteiger partial charge in [-0.2, -0.15) is 5.10 Å². The number of fused-ring (bicyclic) bond motifs is 1. The van der Waals surface area contributed by atoms with Gasteiger partial charge in [0.2, 0.25) is 0 Å². The van der Waals surface area contributed by atoms with Crippen LogP contribution in [0.15, 0.2) is 55.1 Å². The van der Waals surface area contributed by atoms with Crippen LogP contribution in [0, 0.1) is 0 Å². The summed E-state index contributed by atoms with van der Waals surface area (Å²) in [5.41, 5.74) is 4.28. The average Bonchev–Trinajstić information content (AvgIpc) is 3.38. The molecule has 1 amide bonds.